The number of rotatable bonds is 10. The maximum Gasteiger partial charge on any atom is 0.269 e. The molecule has 3 rings (SSSR count). The van der Waals surface area contributed by atoms with Crippen LogP contribution < -0.4 is 15.8 Å². The fraction of sp³-hybridized carbons (Fsp3) is 0.500. The Balaban J connectivity index is 1.40. The van der Waals surface area contributed by atoms with E-state index in [-0.39, 0.29) is 17.5 Å². The molecule has 1 aliphatic heterocycles. The summed E-state index contributed by atoms with van der Waals surface area (Å²) in [7, 11) is 1.59. The number of nitriles is 1. The first kappa shape index (κ1) is 24.2. The molecular weight excluding hydrogens is 426 g/mol. The second kappa shape index (κ2) is 11.9. The van der Waals surface area contributed by atoms with Gasteiger partial charge in [-0.05, 0) is 19.1 Å². The van der Waals surface area contributed by atoms with Crippen LogP contribution in [0.1, 0.15) is 17.5 Å². The van der Waals surface area contributed by atoms with Gasteiger partial charge in [-0.15, -0.1) is 0 Å². The molecule has 0 spiro atoms. The van der Waals surface area contributed by atoms with E-state index in [4.69, 9.17) is 14.7 Å². The first-order valence-electron chi connectivity index (χ1n) is 10.8. The summed E-state index contributed by atoms with van der Waals surface area (Å²) in [6.45, 7) is 5.32. The molecule has 11 heteroatoms. The van der Waals surface area contributed by atoms with E-state index < -0.39 is 0 Å². The van der Waals surface area contributed by atoms with Crippen LogP contribution in [0, 0.1) is 18.3 Å². The maximum absolute atomic E-state index is 12.6. The molecule has 1 amide bonds. The molecule has 33 heavy (non-hydrogen) atoms. The van der Waals surface area contributed by atoms with E-state index in [1.54, 1.807) is 32.5 Å². The molecule has 1 fully saturated rings. The van der Waals surface area contributed by atoms with Gasteiger partial charge in [-0.1, -0.05) is 0 Å². The van der Waals surface area contributed by atoms with Crippen molar-refractivity contribution in [2.45, 2.75) is 19.4 Å². The number of aromatic amines is 1. The number of hydrogen-bond acceptors (Lipinski definition) is 9. The molecule has 2 N–H and O–H groups in total. The van der Waals surface area contributed by atoms with Gasteiger partial charge in [0, 0.05) is 45.0 Å². The molecule has 0 aliphatic carbocycles. The first-order valence-corrected chi connectivity index (χ1v) is 10.8. The average Bonchev–Trinajstić information content (AvgIpc) is 2.84. The molecule has 11 nitrogen and oxygen atoms in total. The van der Waals surface area contributed by atoms with Gasteiger partial charge in [0.05, 0.1) is 49.7 Å². The summed E-state index contributed by atoms with van der Waals surface area (Å²) >= 11 is 0. The number of carbonyl (C=O) groups excluding carboxylic acids is 1. The summed E-state index contributed by atoms with van der Waals surface area (Å²) in [6.07, 6.45) is 3.40. The van der Waals surface area contributed by atoms with Crippen LogP contribution >= 0.6 is 0 Å². The average molecular weight is 456 g/mol. The fourth-order valence-electron chi connectivity index (χ4n) is 3.52. The van der Waals surface area contributed by atoms with Crippen molar-refractivity contribution in [2.24, 2.45) is 0 Å². The number of anilines is 2. The standard InChI is InChI=1S/C22H29N7O4/c1-16-19(13-25-27-22(16)31)26-18(14-32-2)15-33-10-5-21(30)29-8-6-28(7-9-29)20-4-3-17(11-23)12-24-20/h3-4,12-13,18H,5-10,14-15H2,1-2H3,(H2,26,27,31)/t18-/m1/s1. The Kier molecular flexibility index (Phi) is 8.74. The van der Waals surface area contributed by atoms with Gasteiger partial charge in [-0.2, -0.15) is 10.4 Å². The Morgan fingerprint density at radius 2 is 2.06 bits per heavy atom. The highest BCUT2D eigenvalue weighted by Gasteiger charge is 2.22. The Labute approximate surface area is 192 Å². The molecule has 0 saturated carbocycles. The highest BCUT2D eigenvalue weighted by molar-refractivity contribution is 5.76. The second-order valence-corrected chi connectivity index (χ2v) is 7.74. The third-order valence-corrected chi connectivity index (χ3v) is 5.44. The molecule has 1 aliphatic rings. The third-order valence-electron chi connectivity index (χ3n) is 5.44. The topological polar surface area (TPSA) is 136 Å². The van der Waals surface area contributed by atoms with Gasteiger partial charge in [-0.3, -0.25) is 9.59 Å². The highest BCUT2D eigenvalue weighted by Crippen LogP contribution is 2.14. The molecule has 3 heterocycles. The Morgan fingerprint density at radius 3 is 2.73 bits per heavy atom. The van der Waals surface area contributed by atoms with Crippen molar-refractivity contribution in [2.75, 3.05) is 63.3 Å². The van der Waals surface area contributed by atoms with Crippen LogP contribution in [0.5, 0.6) is 0 Å². The molecule has 0 unspecified atom stereocenters. The van der Waals surface area contributed by atoms with E-state index >= 15 is 0 Å². The maximum atomic E-state index is 12.6. The summed E-state index contributed by atoms with van der Waals surface area (Å²) in [5, 5.41) is 18.3. The van der Waals surface area contributed by atoms with Gasteiger partial charge < -0.3 is 24.6 Å². The summed E-state index contributed by atoms with van der Waals surface area (Å²) in [5.41, 5.74) is 1.43. The molecule has 0 bridgehead atoms. The number of aromatic nitrogens is 3. The third kappa shape index (κ3) is 6.74. The van der Waals surface area contributed by atoms with Crippen molar-refractivity contribution >= 4 is 17.4 Å². The van der Waals surface area contributed by atoms with Crippen LogP contribution in [-0.2, 0) is 14.3 Å². The quantitative estimate of drug-likeness (QED) is 0.492. The van der Waals surface area contributed by atoms with Gasteiger partial charge in [0.1, 0.15) is 11.9 Å². The molecule has 2 aromatic heterocycles. The molecule has 1 atom stereocenters. The fourth-order valence-corrected chi connectivity index (χ4v) is 3.52. The minimum atomic E-state index is -0.252. The second-order valence-electron chi connectivity index (χ2n) is 7.74. The van der Waals surface area contributed by atoms with Crippen molar-refractivity contribution in [3.63, 3.8) is 0 Å². The summed E-state index contributed by atoms with van der Waals surface area (Å²) < 4.78 is 11.0. The summed E-state index contributed by atoms with van der Waals surface area (Å²) in [4.78, 5) is 32.5. The molecule has 1 saturated heterocycles. The van der Waals surface area contributed by atoms with Crippen LogP contribution in [0.2, 0.25) is 0 Å². The largest absolute Gasteiger partial charge is 0.382 e. The number of nitrogens with one attached hydrogen (secondary N) is 2. The number of piperazine rings is 1. The van der Waals surface area contributed by atoms with Gasteiger partial charge >= 0.3 is 0 Å². The number of hydrogen-bond donors (Lipinski definition) is 2. The number of pyridine rings is 1. The zero-order valence-corrected chi connectivity index (χ0v) is 18.9. The van der Waals surface area contributed by atoms with Gasteiger partial charge in [0.15, 0.2) is 0 Å². The predicted octanol–water partition coefficient (Wildman–Crippen LogP) is 0.527. The van der Waals surface area contributed by atoms with E-state index in [2.05, 4.69) is 31.5 Å². The molecule has 0 aromatic carbocycles. The Morgan fingerprint density at radius 1 is 1.27 bits per heavy atom. The van der Waals surface area contributed by atoms with E-state index in [1.165, 1.54) is 0 Å². The van der Waals surface area contributed by atoms with Crippen LogP contribution in [0.25, 0.3) is 0 Å². The Hall–Kier alpha value is -3.49. The van der Waals surface area contributed by atoms with Gasteiger partial charge in [0.25, 0.3) is 5.56 Å². The first-order chi connectivity index (χ1) is 16.0. The number of nitrogens with zero attached hydrogens (tertiary/aromatic N) is 5. The number of methoxy groups -OCH3 is 1. The number of carbonyl (C=O) groups is 1. The zero-order chi connectivity index (χ0) is 23.6. The molecular formula is C22H29N7O4. The highest BCUT2D eigenvalue weighted by atomic mass is 16.5. The zero-order valence-electron chi connectivity index (χ0n) is 18.9. The smallest absolute Gasteiger partial charge is 0.269 e. The van der Waals surface area contributed by atoms with E-state index in [0.29, 0.717) is 69.2 Å². The van der Waals surface area contributed by atoms with Crippen molar-refractivity contribution in [3.8, 4) is 6.07 Å². The van der Waals surface area contributed by atoms with E-state index in [9.17, 15) is 9.59 Å². The summed E-state index contributed by atoms with van der Waals surface area (Å²) in [6, 6.07) is 5.45. The van der Waals surface area contributed by atoms with Crippen LogP contribution in [0.3, 0.4) is 0 Å². The van der Waals surface area contributed by atoms with Crippen molar-refractivity contribution in [1.82, 2.24) is 20.1 Å². The van der Waals surface area contributed by atoms with Crippen molar-refractivity contribution in [3.05, 3.63) is 46.0 Å². The lowest BCUT2D eigenvalue weighted by Crippen LogP contribution is -2.49. The number of H-pyrrole nitrogens is 1. The monoisotopic (exact) mass is 455 g/mol. The predicted molar refractivity (Wildman–Crippen MR) is 122 cm³/mol. The van der Waals surface area contributed by atoms with E-state index in [0.717, 1.165) is 5.82 Å². The van der Waals surface area contributed by atoms with Gasteiger partial charge in [-0.25, -0.2) is 10.1 Å². The number of amides is 1. The van der Waals surface area contributed by atoms with Crippen LogP contribution in [0.4, 0.5) is 11.5 Å². The lowest BCUT2D eigenvalue weighted by atomic mass is 10.2. The van der Waals surface area contributed by atoms with E-state index in [1.807, 2.05) is 11.0 Å². The Bertz CT molecular complexity index is 1010. The molecule has 2 aromatic rings. The number of ether oxygens (including phenoxy) is 2. The van der Waals surface area contributed by atoms with Crippen LogP contribution in [0.15, 0.2) is 29.3 Å². The normalized spacial score (nSPS) is 14.6. The molecule has 0 radical (unpaired) electrons. The minimum absolute atomic E-state index is 0.0494. The van der Waals surface area contributed by atoms with Crippen molar-refractivity contribution < 1.29 is 14.3 Å². The SMILES string of the molecule is COC[C@H](COCCC(=O)N1CCN(c2ccc(C#N)cn2)CC1)Nc1cn[nH]c(=O)c1C. The van der Waals surface area contributed by atoms with Gasteiger partial charge in [0.2, 0.25) is 5.91 Å². The lowest BCUT2D eigenvalue weighted by Gasteiger charge is -2.35. The van der Waals surface area contributed by atoms with Crippen LogP contribution in [-0.4, -0.2) is 85.1 Å². The lowest BCUT2D eigenvalue weighted by molar-refractivity contribution is -0.132. The minimum Gasteiger partial charge on any atom is -0.382 e. The summed E-state index contributed by atoms with van der Waals surface area (Å²) in [5.74, 6) is 0.861. The molecule has 176 valence electrons. The van der Waals surface area contributed by atoms with Crippen molar-refractivity contribution in [1.29, 1.82) is 5.26 Å².